The van der Waals surface area contributed by atoms with Crippen LogP contribution in [0.2, 0.25) is 0 Å². The molecule has 0 bridgehead atoms. The molecule has 1 N–H and O–H groups in total. The third-order valence-electron chi connectivity index (χ3n) is 5.82. The molecule has 1 fully saturated rings. The fraction of sp³-hybridized carbons (Fsp3) is 0.280. The van der Waals surface area contributed by atoms with Gasteiger partial charge in [-0.3, -0.25) is 9.59 Å². The Morgan fingerprint density at radius 2 is 1.81 bits per heavy atom. The SMILES string of the molecule is COc1cccc([C@H]2CN(C(=O)c3cccs3)C[C@H]2C(=O)NCc2ccccc2)c1OC. The van der Waals surface area contributed by atoms with E-state index in [2.05, 4.69) is 5.32 Å². The molecule has 1 saturated heterocycles. The zero-order chi connectivity index (χ0) is 22.5. The maximum Gasteiger partial charge on any atom is 0.263 e. The van der Waals surface area contributed by atoms with Crippen molar-refractivity contribution in [3.05, 3.63) is 82.0 Å². The number of amides is 2. The van der Waals surface area contributed by atoms with E-state index in [1.54, 1.807) is 19.1 Å². The van der Waals surface area contributed by atoms with E-state index in [-0.39, 0.29) is 17.7 Å². The van der Waals surface area contributed by atoms with Crippen LogP contribution in [0, 0.1) is 5.92 Å². The highest BCUT2D eigenvalue weighted by atomic mass is 32.1. The van der Waals surface area contributed by atoms with Crippen LogP contribution in [-0.2, 0) is 11.3 Å². The Morgan fingerprint density at radius 1 is 1.00 bits per heavy atom. The number of rotatable bonds is 7. The molecular weight excluding hydrogens is 424 g/mol. The third kappa shape index (κ3) is 4.48. The van der Waals surface area contributed by atoms with Crippen LogP contribution < -0.4 is 14.8 Å². The van der Waals surface area contributed by atoms with Crippen LogP contribution in [0.25, 0.3) is 0 Å². The molecule has 0 spiro atoms. The molecule has 2 amide bonds. The van der Waals surface area contributed by atoms with Gasteiger partial charge in [0.15, 0.2) is 11.5 Å². The van der Waals surface area contributed by atoms with Gasteiger partial charge in [-0.2, -0.15) is 0 Å². The molecule has 166 valence electrons. The molecule has 2 atom stereocenters. The molecule has 6 nitrogen and oxygen atoms in total. The maximum atomic E-state index is 13.3. The summed E-state index contributed by atoms with van der Waals surface area (Å²) in [5, 5.41) is 4.94. The first-order valence-electron chi connectivity index (χ1n) is 10.5. The fourth-order valence-electron chi connectivity index (χ4n) is 4.23. The molecule has 7 heteroatoms. The van der Waals surface area contributed by atoms with Gasteiger partial charge in [0.2, 0.25) is 5.91 Å². The van der Waals surface area contributed by atoms with Crippen LogP contribution in [0.4, 0.5) is 0 Å². The summed E-state index contributed by atoms with van der Waals surface area (Å²) in [7, 11) is 3.18. The summed E-state index contributed by atoms with van der Waals surface area (Å²) in [4.78, 5) is 28.8. The number of thiophene rings is 1. The number of nitrogens with one attached hydrogen (secondary N) is 1. The Labute approximate surface area is 191 Å². The minimum absolute atomic E-state index is 0.0507. The van der Waals surface area contributed by atoms with Gasteiger partial charge < -0.3 is 19.7 Å². The minimum atomic E-state index is -0.399. The van der Waals surface area contributed by atoms with E-state index in [0.29, 0.717) is 36.0 Å². The van der Waals surface area contributed by atoms with Crippen LogP contribution in [0.15, 0.2) is 66.0 Å². The molecule has 0 aliphatic carbocycles. The number of hydrogen-bond acceptors (Lipinski definition) is 5. The first-order valence-corrected chi connectivity index (χ1v) is 11.4. The van der Waals surface area contributed by atoms with E-state index in [0.717, 1.165) is 11.1 Å². The van der Waals surface area contributed by atoms with Gasteiger partial charge in [-0.25, -0.2) is 0 Å². The largest absolute Gasteiger partial charge is 0.493 e. The zero-order valence-corrected chi connectivity index (χ0v) is 18.9. The highest BCUT2D eigenvalue weighted by Crippen LogP contribution is 2.42. The maximum absolute atomic E-state index is 13.3. The van der Waals surface area contributed by atoms with Crippen LogP contribution in [0.3, 0.4) is 0 Å². The van der Waals surface area contributed by atoms with Gasteiger partial charge >= 0.3 is 0 Å². The molecule has 2 heterocycles. The summed E-state index contributed by atoms with van der Waals surface area (Å²) in [5.74, 6) is 0.474. The average Bonchev–Trinajstić information content (AvgIpc) is 3.53. The van der Waals surface area contributed by atoms with Crippen molar-refractivity contribution in [3.8, 4) is 11.5 Å². The van der Waals surface area contributed by atoms with Crippen molar-refractivity contribution in [2.45, 2.75) is 12.5 Å². The summed E-state index contributed by atoms with van der Waals surface area (Å²) in [6.45, 7) is 1.23. The molecule has 1 aromatic heterocycles. The molecule has 0 unspecified atom stereocenters. The van der Waals surface area contributed by atoms with Crippen LogP contribution >= 0.6 is 11.3 Å². The summed E-state index contributed by atoms with van der Waals surface area (Å²) in [6, 6.07) is 19.1. The molecule has 1 aliphatic rings. The molecule has 32 heavy (non-hydrogen) atoms. The Kier molecular flexibility index (Phi) is 6.75. The first kappa shape index (κ1) is 21.9. The van der Waals surface area contributed by atoms with E-state index in [9.17, 15) is 9.59 Å². The summed E-state index contributed by atoms with van der Waals surface area (Å²) < 4.78 is 11.1. The van der Waals surface area contributed by atoms with Gasteiger partial charge in [0.25, 0.3) is 5.91 Å². The van der Waals surface area contributed by atoms with E-state index >= 15 is 0 Å². The van der Waals surface area contributed by atoms with Gasteiger partial charge in [0, 0.05) is 31.1 Å². The lowest BCUT2D eigenvalue weighted by atomic mass is 9.87. The Bertz CT molecular complexity index is 1070. The minimum Gasteiger partial charge on any atom is -0.493 e. The van der Waals surface area contributed by atoms with Crippen LogP contribution in [0.1, 0.15) is 26.7 Å². The predicted octanol–water partition coefficient (Wildman–Crippen LogP) is 3.94. The molecule has 2 aromatic carbocycles. The average molecular weight is 451 g/mol. The highest BCUT2D eigenvalue weighted by Gasteiger charge is 2.42. The number of methoxy groups -OCH3 is 2. The number of hydrogen-bond donors (Lipinski definition) is 1. The lowest BCUT2D eigenvalue weighted by Crippen LogP contribution is -2.35. The van der Waals surface area contributed by atoms with Crippen LogP contribution in [-0.4, -0.2) is 44.0 Å². The van der Waals surface area contributed by atoms with Gasteiger partial charge in [-0.1, -0.05) is 48.5 Å². The van der Waals surface area contributed by atoms with E-state index < -0.39 is 5.92 Å². The van der Waals surface area contributed by atoms with Crippen molar-refractivity contribution in [2.24, 2.45) is 5.92 Å². The van der Waals surface area contributed by atoms with E-state index in [1.807, 2.05) is 66.0 Å². The Hall–Kier alpha value is -3.32. The second kappa shape index (κ2) is 9.87. The van der Waals surface area contributed by atoms with E-state index in [4.69, 9.17) is 9.47 Å². The van der Waals surface area contributed by atoms with Crippen molar-refractivity contribution in [2.75, 3.05) is 27.3 Å². The number of likely N-dealkylation sites (tertiary alicyclic amines) is 1. The van der Waals surface area contributed by atoms with Crippen molar-refractivity contribution >= 4 is 23.2 Å². The topological polar surface area (TPSA) is 67.9 Å². The molecule has 0 saturated carbocycles. The van der Waals surface area contributed by atoms with Crippen molar-refractivity contribution in [1.29, 1.82) is 0 Å². The standard InChI is InChI=1S/C25H26N2O4S/c1-30-21-11-6-10-18(23(21)31-2)19-15-27(25(29)22-12-7-13-32-22)16-20(19)24(28)26-14-17-8-4-3-5-9-17/h3-13,19-20H,14-16H2,1-2H3,(H,26,28)/t19-,20-/m1/s1. The molecule has 3 aromatic rings. The summed E-state index contributed by atoms with van der Waals surface area (Å²) >= 11 is 1.41. The smallest absolute Gasteiger partial charge is 0.263 e. The summed E-state index contributed by atoms with van der Waals surface area (Å²) in [6.07, 6.45) is 0. The number of carbonyl (C=O) groups is 2. The van der Waals surface area contributed by atoms with Crippen molar-refractivity contribution in [1.82, 2.24) is 10.2 Å². The third-order valence-corrected chi connectivity index (χ3v) is 6.68. The predicted molar refractivity (Wildman–Crippen MR) is 124 cm³/mol. The van der Waals surface area contributed by atoms with Gasteiger partial charge in [-0.15, -0.1) is 11.3 Å². The quantitative estimate of drug-likeness (QED) is 0.592. The zero-order valence-electron chi connectivity index (χ0n) is 18.1. The fourth-order valence-corrected chi connectivity index (χ4v) is 4.92. The normalized spacial score (nSPS) is 17.8. The Balaban J connectivity index is 1.62. The van der Waals surface area contributed by atoms with Gasteiger partial charge in [-0.05, 0) is 23.1 Å². The second-order valence-corrected chi connectivity index (χ2v) is 8.63. The van der Waals surface area contributed by atoms with Crippen molar-refractivity contribution < 1.29 is 19.1 Å². The number of ether oxygens (including phenoxy) is 2. The number of para-hydroxylation sites is 1. The van der Waals surface area contributed by atoms with Crippen LogP contribution in [0.5, 0.6) is 11.5 Å². The van der Waals surface area contributed by atoms with Gasteiger partial charge in [0.05, 0.1) is 25.0 Å². The molecule has 4 rings (SSSR count). The first-order chi connectivity index (χ1) is 15.6. The van der Waals surface area contributed by atoms with E-state index in [1.165, 1.54) is 11.3 Å². The lowest BCUT2D eigenvalue weighted by molar-refractivity contribution is -0.125. The number of benzene rings is 2. The van der Waals surface area contributed by atoms with Crippen molar-refractivity contribution in [3.63, 3.8) is 0 Å². The molecule has 1 aliphatic heterocycles. The second-order valence-electron chi connectivity index (χ2n) is 7.69. The Morgan fingerprint density at radius 3 is 2.50 bits per heavy atom. The number of carbonyl (C=O) groups excluding carboxylic acids is 2. The number of nitrogens with zero attached hydrogens (tertiary/aromatic N) is 1. The highest BCUT2D eigenvalue weighted by molar-refractivity contribution is 7.12. The molecular formula is C25H26N2O4S. The molecule has 0 radical (unpaired) electrons. The lowest BCUT2D eigenvalue weighted by Gasteiger charge is -2.21. The summed E-state index contributed by atoms with van der Waals surface area (Å²) in [5.41, 5.74) is 1.90. The van der Waals surface area contributed by atoms with Gasteiger partial charge in [0.1, 0.15) is 0 Å². The monoisotopic (exact) mass is 450 g/mol.